The fourth-order valence-corrected chi connectivity index (χ4v) is 8.19. The Morgan fingerprint density at radius 3 is 2.51 bits per heavy atom. The van der Waals surface area contributed by atoms with Crippen molar-refractivity contribution < 1.29 is 4.74 Å². The monoisotopic (exact) mass is 518 g/mol. The molecule has 0 amide bonds. The number of hydrogen-bond donors (Lipinski definition) is 1. The molecule has 1 saturated carbocycles. The Bertz CT molecular complexity index is 1440. The van der Waals surface area contributed by atoms with Gasteiger partial charge in [0.2, 0.25) is 0 Å². The quantitative estimate of drug-likeness (QED) is 0.348. The average Bonchev–Trinajstić information content (AvgIpc) is 3.60. The summed E-state index contributed by atoms with van der Waals surface area (Å²) < 4.78 is 7.42. The van der Waals surface area contributed by atoms with Crippen molar-refractivity contribution in [3.8, 4) is 11.3 Å². The zero-order chi connectivity index (χ0) is 25.3. The van der Waals surface area contributed by atoms with Crippen LogP contribution in [0.1, 0.15) is 85.9 Å². The van der Waals surface area contributed by atoms with Gasteiger partial charge in [-0.1, -0.05) is 13.8 Å². The summed E-state index contributed by atoms with van der Waals surface area (Å²) in [6.45, 7) is 13.4. The van der Waals surface area contributed by atoms with Crippen LogP contribution in [0, 0.1) is 19.3 Å². The van der Waals surface area contributed by atoms with E-state index in [1.165, 1.54) is 94.9 Å². The molecule has 3 fully saturated rings. The summed E-state index contributed by atoms with van der Waals surface area (Å²) in [4.78, 5) is 17.5. The fraction of sp³-hybridized carbons (Fsp3) is 0.621. The van der Waals surface area contributed by atoms with Crippen LogP contribution in [0.5, 0.6) is 0 Å². The van der Waals surface area contributed by atoms with Crippen molar-refractivity contribution in [2.45, 2.75) is 84.1 Å². The Morgan fingerprint density at radius 1 is 1.08 bits per heavy atom. The van der Waals surface area contributed by atoms with Crippen LogP contribution in [0.3, 0.4) is 0 Å². The lowest BCUT2D eigenvalue weighted by atomic mass is 9.75. The van der Waals surface area contributed by atoms with Gasteiger partial charge in [-0.25, -0.2) is 14.5 Å². The second-order valence-corrected chi connectivity index (χ2v) is 13.2. The summed E-state index contributed by atoms with van der Waals surface area (Å²) in [5.74, 6) is 0.973. The standard InChI is InChI=1S/C29H38N6OS/c1-17(2)23-24(22-13-35-26(30-16-31-35)19(4)18(22)3)32-28-25(23)33-27(37-28)20-5-7-21(8-6-20)34-11-9-29(10-12-34)14-36-15-29/h13,16-17,20-21,32H,5-12,14-15H2,1-4H3. The van der Waals surface area contributed by atoms with Crippen LogP contribution in [-0.4, -0.2) is 61.8 Å². The number of ether oxygens (including phenoxy) is 1. The molecular formula is C29H38N6OS. The molecule has 0 bridgehead atoms. The van der Waals surface area contributed by atoms with Gasteiger partial charge in [0, 0.05) is 34.7 Å². The molecule has 8 heteroatoms. The first-order valence-corrected chi connectivity index (χ1v) is 14.9. The average molecular weight is 519 g/mol. The van der Waals surface area contributed by atoms with Gasteiger partial charge >= 0.3 is 0 Å². The van der Waals surface area contributed by atoms with Crippen molar-refractivity contribution in [1.29, 1.82) is 0 Å². The van der Waals surface area contributed by atoms with Crippen molar-refractivity contribution in [3.05, 3.63) is 34.2 Å². The van der Waals surface area contributed by atoms with Gasteiger partial charge in [-0.05, 0) is 82.5 Å². The summed E-state index contributed by atoms with van der Waals surface area (Å²) in [7, 11) is 0. The molecule has 1 spiro atoms. The second kappa shape index (κ2) is 8.89. The number of thiazole rings is 1. The smallest absolute Gasteiger partial charge is 0.158 e. The van der Waals surface area contributed by atoms with Crippen LogP contribution < -0.4 is 0 Å². The summed E-state index contributed by atoms with van der Waals surface area (Å²) in [5, 5.41) is 5.75. The number of aromatic nitrogens is 5. The minimum absolute atomic E-state index is 0.379. The number of aromatic amines is 1. The van der Waals surface area contributed by atoms with Crippen molar-refractivity contribution in [2.75, 3.05) is 26.3 Å². The van der Waals surface area contributed by atoms with E-state index in [0.29, 0.717) is 17.3 Å². The number of aryl methyl sites for hydroxylation is 1. The molecule has 6 heterocycles. The molecule has 4 aromatic rings. The molecule has 196 valence electrons. The van der Waals surface area contributed by atoms with E-state index < -0.39 is 0 Å². The highest BCUT2D eigenvalue weighted by Crippen LogP contribution is 2.45. The third-order valence-corrected chi connectivity index (χ3v) is 10.8. The third-order valence-electron chi connectivity index (χ3n) is 9.62. The van der Waals surface area contributed by atoms with Crippen LogP contribution in [0.2, 0.25) is 0 Å². The van der Waals surface area contributed by atoms with Gasteiger partial charge < -0.3 is 14.6 Å². The predicted molar refractivity (Wildman–Crippen MR) is 149 cm³/mol. The number of pyridine rings is 1. The molecule has 0 atom stereocenters. The number of hydrogen-bond acceptors (Lipinski definition) is 6. The number of nitrogens with one attached hydrogen (secondary N) is 1. The summed E-state index contributed by atoms with van der Waals surface area (Å²) >= 11 is 1.88. The minimum atomic E-state index is 0.379. The largest absolute Gasteiger partial charge is 0.380 e. The first kappa shape index (κ1) is 23.8. The van der Waals surface area contributed by atoms with Gasteiger partial charge in [0.1, 0.15) is 16.7 Å². The lowest BCUT2D eigenvalue weighted by Crippen LogP contribution is -2.53. The van der Waals surface area contributed by atoms with Crippen LogP contribution in [0.15, 0.2) is 12.5 Å². The molecule has 1 N–H and O–H groups in total. The first-order valence-electron chi connectivity index (χ1n) is 14.1. The van der Waals surface area contributed by atoms with Crippen LogP contribution in [0.25, 0.3) is 27.3 Å². The maximum absolute atomic E-state index is 5.52. The van der Waals surface area contributed by atoms with Gasteiger partial charge in [0.05, 0.1) is 23.9 Å². The van der Waals surface area contributed by atoms with Crippen LogP contribution in [-0.2, 0) is 4.74 Å². The zero-order valence-electron chi connectivity index (χ0n) is 22.5. The Hall–Kier alpha value is -2.29. The highest BCUT2D eigenvalue weighted by Gasteiger charge is 2.42. The number of piperidine rings is 1. The van der Waals surface area contributed by atoms with E-state index in [1.807, 2.05) is 15.9 Å². The Kier molecular flexibility index (Phi) is 5.72. The van der Waals surface area contributed by atoms with Gasteiger partial charge in [-0.2, -0.15) is 5.10 Å². The summed E-state index contributed by atoms with van der Waals surface area (Å²) in [5.41, 5.74) is 8.78. The fourth-order valence-electron chi connectivity index (χ4n) is 7.04. The normalized spacial score (nSPS) is 24.5. The summed E-state index contributed by atoms with van der Waals surface area (Å²) in [6, 6.07) is 0.759. The second-order valence-electron chi connectivity index (χ2n) is 12.2. The minimum Gasteiger partial charge on any atom is -0.380 e. The lowest BCUT2D eigenvalue weighted by molar-refractivity contribution is -0.143. The van der Waals surface area contributed by atoms with E-state index in [4.69, 9.17) is 9.72 Å². The van der Waals surface area contributed by atoms with Crippen molar-refractivity contribution in [1.82, 2.24) is 29.5 Å². The number of rotatable bonds is 4. The highest BCUT2D eigenvalue weighted by atomic mass is 32.1. The van der Waals surface area contributed by atoms with Gasteiger partial charge in [0.15, 0.2) is 5.65 Å². The van der Waals surface area contributed by atoms with E-state index in [9.17, 15) is 0 Å². The van der Waals surface area contributed by atoms with Gasteiger partial charge in [-0.15, -0.1) is 11.3 Å². The van der Waals surface area contributed by atoms with E-state index in [2.05, 4.69) is 53.9 Å². The maximum Gasteiger partial charge on any atom is 0.158 e. The number of H-pyrrole nitrogens is 1. The maximum atomic E-state index is 5.52. The number of likely N-dealkylation sites (tertiary alicyclic amines) is 1. The summed E-state index contributed by atoms with van der Waals surface area (Å²) in [6.07, 6.45) is 11.5. The zero-order valence-corrected chi connectivity index (χ0v) is 23.3. The Morgan fingerprint density at radius 2 is 1.84 bits per heavy atom. The topological polar surface area (TPSA) is 71.3 Å². The molecule has 2 saturated heterocycles. The molecule has 0 unspecified atom stereocenters. The van der Waals surface area contributed by atoms with E-state index >= 15 is 0 Å². The number of fused-ring (bicyclic) bond motifs is 2. The first-order chi connectivity index (χ1) is 17.9. The van der Waals surface area contributed by atoms with E-state index in [-0.39, 0.29) is 0 Å². The third kappa shape index (κ3) is 3.86. The molecule has 37 heavy (non-hydrogen) atoms. The molecule has 2 aliphatic heterocycles. The number of nitrogens with zero attached hydrogens (tertiary/aromatic N) is 5. The lowest BCUT2D eigenvalue weighted by Gasteiger charge is -2.49. The molecule has 1 aliphatic carbocycles. The molecule has 4 aromatic heterocycles. The van der Waals surface area contributed by atoms with Crippen molar-refractivity contribution in [3.63, 3.8) is 0 Å². The van der Waals surface area contributed by atoms with E-state index in [1.54, 1.807) is 6.33 Å². The SMILES string of the molecule is Cc1c(-c2[nH]c3sc(C4CCC(N5CCC6(CC5)COC6)CC4)nc3c2C(C)C)cn2ncnc2c1C. The molecular weight excluding hydrogens is 480 g/mol. The predicted octanol–water partition coefficient (Wildman–Crippen LogP) is 6.21. The Labute approximate surface area is 222 Å². The molecule has 7 nitrogen and oxygen atoms in total. The van der Waals surface area contributed by atoms with Crippen molar-refractivity contribution >= 4 is 27.3 Å². The van der Waals surface area contributed by atoms with E-state index in [0.717, 1.165) is 24.9 Å². The highest BCUT2D eigenvalue weighted by molar-refractivity contribution is 7.18. The molecule has 0 radical (unpaired) electrons. The Balaban J connectivity index is 1.12. The van der Waals surface area contributed by atoms with Crippen LogP contribution in [0.4, 0.5) is 0 Å². The molecule has 7 rings (SSSR count). The molecule has 3 aliphatic rings. The molecule has 0 aromatic carbocycles. The van der Waals surface area contributed by atoms with Gasteiger partial charge in [0.25, 0.3) is 0 Å². The van der Waals surface area contributed by atoms with Crippen molar-refractivity contribution in [2.24, 2.45) is 5.41 Å². The van der Waals surface area contributed by atoms with Gasteiger partial charge in [-0.3, -0.25) is 0 Å². The van der Waals surface area contributed by atoms with Crippen LogP contribution >= 0.6 is 11.3 Å².